The number of hydrogen-bond acceptors (Lipinski definition) is 6. The third-order valence-corrected chi connectivity index (χ3v) is 2.72. The van der Waals surface area contributed by atoms with Crippen molar-refractivity contribution >= 4 is 26.5 Å². The molecule has 0 heterocycles. The van der Waals surface area contributed by atoms with Crippen LogP contribution in [0.15, 0.2) is 0 Å². The highest BCUT2D eigenvalue weighted by Gasteiger charge is 2.15. The molecule has 19 heavy (non-hydrogen) atoms. The molecule has 0 aromatic carbocycles. The van der Waals surface area contributed by atoms with E-state index in [1.54, 1.807) is 0 Å². The minimum Gasteiger partial charge on any atom is -0.481 e. The molecular weight excluding hydrogens is 283 g/mol. The van der Waals surface area contributed by atoms with Crippen molar-refractivity contribution in [2.24, 2.45) is 0 Å². The molecule has 0 saturated carbocycles. The zero-order valence-corrected chi connectivity index (χ0v) is 10.9. The van der Waals surface area contributed by atoms with Crippen LogP contribution < -0.4 is 0 Å². The molecule has 9 nitrogen and oxygen atoms in total. The maximum absolute atomic E-state index is 10.3. The van der Waals surface area contributed by atoms with Crippen molar-refractivity contribution in [1.29, 1.82) is 0 Å². The second-order valence-electron chi connectivity index (χ2n) is 3.15. The summed E-state index contributed by atoms with van der Waals surface area (Å²) in [5.74, 6) is -3.19. The van der Waals surface area contributed by atoms with Crippen molar-refractivity contribution in [1.82, 2.24) is 0 Å². The van der Waals surface area contributed by atoms with E-state index in [4.69, 9.17) is 28.9 Å². The van der Waals surface area contributed by atoms with Crippen molar-refractivity contribution in [2.75, 3.05) is 19.8 Å². The molecule has 0 radical (unpaired) electrons. The molecule has 0 aromatic rings. The summed E-state index contributed by atoms with van der Waals surface area (Å²) in [4.78, 5) is 30.8. The summed E-state index contributed by atoms with van der Waals surface area (Å²) in [6, 6.07) is 0. The maximum atomic E-state index is 10.3. The van der Waals surface area contributed by atoms with Crippen LogP contribution in [0.4, 0.5) is 0 Å². The summed E-state index contributed by atoms with van der Waals surface area (Å²) in [7, 11) is -1.94. The van der Waals surface area contributed by atoms with Gasteiger partial charge in [0, 0.05) is 0 Å². The lowest BCUT2D eigenvalue weighted by atomic mass is 10.5. The van der Waals surface area contributed by atoms with Gasteiger partial charge >= 0.3 is 26.5 Å². The number of carboxylic acids is 3. The zero-order valence-electron chi connectivity index (χ0n) is 9.98. The molecule has 0 aliphatic rings. The van der Waals surface area contributed by atoms with Crippen LogP contribution in [0.3, 0.4) is 0 Å². The van der Waals surface area contributed by atoms with Crippen LogP contribution in [-0.2, 0) is 28.0 Å². The summed E-state index contributed by atoms with van der Waals surface area (Å²) in [5.41, 5.74) is 0. The van der Waals surface area contributed by atoms with Gasteiger partial charge in [-0.05, 0) is 0 Å². The monoisotopic (exact) mass is 298 g/mol. The molecule has 3 N–H and O–H groups in total. The fraction of sp³-hybridized carbons (Fsp3) is 0.667. The van der Waals surface area contributed by atoms with Gasteiger partial charge in [0.2, 0.25) is 0 Å². The van der Waals surface area contributed by atoms with E-state index in [1.807, 2.05) is 0 Å². The summed E-state index contributed by atoms with van der Waals surface area (Å²) in [5, 5.41) is 25.2. The van der Waals surface area contributed by atoms with Gasteiger partial charge < -0.3 is 28.9 Å². The van der Waals surface area contributed by atoms with Crippen LogP contribution in [0.5, 0.6) is 0 Å². The molecule has 0 atom stereocenters. The smallest absolute Gasteiger partial charge is 0.332 e. The van der Waals surface area contributed by atoms with E-state index in [2.05, 4.69) is 0 Å². The number of carbonyl (C=O) groups is 3. The van der Waals surface area contributed by atoms with E-state index in [0.29, 0.717) is 0 Å². The van der Waals surface area contributed by atoms with E-state index in [-0.39, 0.29) is 39.1 Å². The van der Waals surface area contributed by atoms with Crippen molar-refractivity contribution in [3.63, 3.8) is 0 Å². The number of hydrogen-bond donors (Lipinski definition) is 3. The molecule has 0 fully saturated rings. The number of rotatable bonds is 12. The molecule has 0 aliphatic heterocycles. The topological polar surface area (TPSA) is 140 Å². The summed E-state index contributed by atoms with van der Waals surface area (Å²) in [6.07, 6.45) is -0.782. The molecule has 10 heteroatoms. The first-order valence-electron chi connectivity index (χ1n) is 5.26. The molecule has 0 aliphatic carbocycles. The standard InChI is InChI=1S/C9H15O9P/c10-7(11)1-4-16-19(17-5-2-8(12)13)18-6-3-9(14)15/h1-6H2,(H,10,11)(H,12,13)(H,14,15). The maximum Gasteiger partial charge on any atom is 0.332 e. The Morgan fingerprint density at radius 2 is 0.947 bits per heavy atom. The molecule has 0 bridgehead atoms. The predicted molar refractivity (Wildman–Crippen MR) is 61.5 cm³/mol. The normalized spacial score (nSPS) is 10.6. The molecule has 0 unspecified atom stereocenters. The lowest BCUT2D eigenvalue weighted by molar-refractivity contribution is -0.138. The Morgan fingerprint density at radius 3 is 1.16 bits per heavy atom. The zero-order chi connectivity index (χ0) is 14.7. The first-order valence-corrected chi connectivity index (χ1v) is 6.35. The molecule has 0 rings (SSSR count). The Kier molecular flexibility index (Phi) is 9.91. The Balaban J connectivity index is 3.94. The lowest BCUT2D eigenvalue weighted by Gasteiger charge is -2.15. The van der Waals surface area contributed by atoms with Crippen LogP contribution in [0.25, 0.3) is 0 Å². The van der Waals surface area contributed by atoms with E-state index in [1.165, 1.54) is 0 Å². The second-order valence-corrected chi connectivity index (χ2v) is 4.38. The van der Waals surface area contributed by atoms with Gasteiger partial charge in [-0.25, -0.2) is 0 Å². The van der Waals surface area contributed by atoms with Gasteiger partial charge in [-0.15, -0.1) is 0 Å². The highest BCUT2D eigenvalue weighted by atomic mass is 31.2. The fourth-order valence-electron chi connectivity index (χ4n) is 0.734. The highest BCUT2D eigenvalue weighted by molar-refractivity contribution is 7.41. The quantitative estimate of drug-likeness (QED) is 0.444. The number of aliphatic carboxylic acids is 3. The Bertz CT molecular complexity index is 259. The van der Waals surface area contributed by atoms with E-state index >= 15 is 0 Å². The van der Waals surface area contributed by atoms with E-state index in [9.17, 15) is 14.4 Å². The van der Waals surface area contributed by atoms with Crippen molar-refractivity contribution < 1.29 is 43.3 Å². The summed E-state index contributed by atoms with van der Waals surface area (Å²) >= 11 is 0. The van der Waals surface area contributed by atoms with E-state index in [0.717, 1.165) is 0 Å². The average Bonchev–Trinajstić information content (AvgIpc) is 2.26. The second kappa shape index (κ2) is 10.6. The van der Waals surface area contributed by atoms with E-state index < -0.39 is 26.5 Å². The van der Waals surface area contributed by atoms with Gasteiger partial charge in [0.25, 0.3) is 0 Å². The minimum absolute atomic E-state index is 0.165. The van der Waals surface area contributed by atoms with Gasteiger partial charge in [0.1, 0.15) is 0 Å². The van der Waals surface area contributed by atoms with Gasteiger partial charge in [-0.2, -0.15) is 0 Å². The molecule has 0 aromatic heterocycles. The Hall–Kier alpha value is -1.28. The van der Waals surface area contributed by atoms with Gasteiger partial charge in [0.05, 0.1) is 39.1 Å². The minimum atomic E-state index is -1.94. The molecule has 0 amide bonds. The Morgan fingerprint density at radius 1 is 0.684 bits per heavy atom. The van der Waals surface area contributed by atoms with Crippen LogP contribution in [0.1, 0.15) is 19.3 Å². The lowest BCUT2D eigenvalue weighted by Crippen LogP contribution is -2.07. The predicted octanol–water partition coefficient (Wildman–Crippen LogP) is 0.687. The first-order chi connectivity index (χ1) is 8.91. The molecule has 0 saturated heterocycles. The van der Waals surface area contributed by atoms with Crippen LogP contribution in [0.2, 0.25) is 0 Å². The largest absolute Gasteiger partial charge is 0.481 e. The Labute approximate surface area is 110 Å². The SMILES string of the molecule is O=C(O)CCOP(OCCC(=O)O)OCCC(=O)O. The molecule has 0 spiro atoms. The third-order valence-electron chi connectivity index (χ3n) is 1.54. The van der Waals surface area contributed by atoms with Crippen molar-refractivity contribution in [2.45, 2.75) is 19.3 Å². The third kappa shape index (κ3) is 13.0. The summed E-state index contributed by atoms with van der Waals surface area (Å²) < 4.78 is 14.9. The molecule has 110 valence electrons. The fourth-order valence-corrected chi connectivity index (χ4v) is 1.68. The summed E-state index contributed by atoms with van der Waals surface area (Å²) in [6.45, 7) is -0.496. The van der Waals surface area contributed by atoms with Gasteiger partial charge in [0.15, 0.2) is 0 Å². The first kappa shape index (κ1) is 17.7. The van der Waals surface area contributed by atoms with Gasteiger partial charge in [-0.3, -0.25) is 14.4 Å². The van der Waals surface area contributed by atoms with Gasteiger partial charge in [-0.1, -0.05) is 0 Å². The molecular formula is C9H15O9P. The van der Waals surface area contributed by atoms with Crippen LogP contribution >= 0.6 is 8.60 Å². The van der Waals surface area contributed by atoms with Crippen LogP contribution in [-0.4, -0.2) is 53.0 Å². The van der Waals surface area contributed by atoms with Crippen LogP contribution in [0, 0.1) is 0 Å². The number of carboxylic acid groups (broad SMARTS) is 3. The van der Waals surface area contributed by atoms with Crippen molar-refractivity contribution in [3.8, 4) is 0 Å². The average molecular weight is 298 g/mol. The highest BCUT2D eigenvalue weighted by Crippen LogP contribution is 2.39. The van der Waals surface area contributed by atoms with Crippen molar-refractivity contribution in [3.05, 3.63) is 0 Å².